The van der Waals surface area contributed by atoms with Crippen molar-refractivity contribution in [1.29, 1.82) is 10.5 Å². The molecule has 0 fully saturated rings. The predicted octanol–water partition coefficient (Wildman–Crippen LogP) is 2.34. The molecular weight excluding hydrogens is 272 g/mol. The van der Waals surface area contributed by atoms with Crippen LogP contribution in [0.25, 0.3) is 0 Å². The number of hydrogen-bond acceptors (Lipinski definition) is 6. The first-order valence-corrected chi connectivity index (χ1v) is 6.55. The average Bonchev–Trinajstić information content (AvgIpc) is 2.44. The van der Waals surface area contributed by atoms with Crippen LogP contribution in [0.1, 0.15) is 40.5 Å². The minimum Gasteiger partial charge on any atom is -0.479 e. The highest BCUT2D eigenvalue weighted by atomic mass is 16.4. The van der Waals surface area contributed by atoms with Crippen molar-refractivity contribution in [3.8, 4) is 12.1 Å². The first-order valence-electron chi connectivity index (χ1n) is 6.55. The molecule has 0 aliphatic carbocycles. The molecule has 0 heterocycles. The van der Waals surface area contributed by atoms with Gasteiger partial charge in [0.25, 0.3) is 0 Å². The highest BCUT2D eigenvalue weighted by Crippen LogP contribution is 2.26. The zero-order chi connectivity index (χ0) is 16.7. The molecule has 0 amide bonds. The quantitative estimate of drug-likeness (QED) is 0.542. The molecule has 7 nitrogen and oxygen atoms in total. The third kappa shape index (κ3) is 5.70. The lowest BCUT2D eigenvalue weighted by Gasteiger charge is -2.23. The van der Waals surface area contributed by atoms with Gasteiger partial charge in [-0.1, -0.05) is 0 Å². The Balaban J connectivity index is 5.32. The van der Waals surface area contributed by atoms with Crippen molar-refractivity contribution in [3.05, 3.63) is 0 Å². The SMILES string of the molecule is CC(C#N)CC(C)(C=O)N=NC(C)(CC(C)C#N)C(=O)O. The summed E-state index contributed by atoms with van der Waals surface area (Å²) >= 11 is 0. The molecule has 0 spiro atoms. The fourth-order valence-corrected chi connectivity index (χ4v) is 1.82. The summed E-state index contributed by atoms with van der Waals surface area (Å²) in [6.45, 7) is 6.08. The van der Waals surface area contributed by atoms with Crippen LogP contribution in [0.15, 0.2) is 10.2 Å². The zero-order valence-electron chi connectivity index (χ0n) is 12.7. The normalized spacial score (nSPS) is 19.5. The lowest BCUT2D eigenvalue weighted by Crippen LogP contribution is -2.36. The third-order valence-electron chi connectivity index (χ3n) is 3.08. The van der Waals surface area contributed by atoms with Gasteiger partial charge in [0.15, 0.2) is 5.54 Å². The third-order valence-corrected chi connectivity index (χ3v) is 3.08. The van der Waals surface area contributed by atoms with E-state index in [1.807, 2.05) is 12.1 Å². The zero-order valence-corrected chi connectivity index (χ0v) is 12.7. The van der Waals surface area contributed by atoms with Crippen LogP contribution < -0.4 is 0 Å². The van der Waals surface area contributed by atoms with Crippen LogP contribution in [0.5, 0.6) is 0 Å². The van der Waals surface area contributed by atoms with E-state index in [1.54, 1.807) is 13.8 Å². The second-order valence-electron chi connectivity index (χ2n) is 5.72. The van der Waals surface area contributed by atoms with Crippen LogP contribution in [-0.2, 0) is 9.59 Å². The van der Waals surface area contributed by atoms with E-state index < -0.39 is 28.9 Å². The number of aliphatic carboxylic acids is 1. The minimum absolute atomic E-state index is 0.00886. The van der Waals surface area contributed by atoms with Gasteiger partial charge in [-0.05, 0) is 34.1 Å². The van der Waals surface area contributed by atoms with Gasteiger partial charge in [-0.25, -0.2) is 4.79 Å². The molecule has 7 heteroatoms. The van der Waals surface area contributed by atoms with E-state index in [2.05, 4.69) is 10.2 Å². The summed E-state index contributed by atoms with van der Waals surface area (Å²) in [6.07, 6.45) is 0.700. The fourth-order valence-electron chi connectivity index (χ4n) is 1.82. The molecule has 0 rings (SSSR count). The lowest BCUT2D eigenvalue weighted by atomic mass is 9.91. The number of azo groups is 1. The van der Waals surface area contributed by atoms with Crippen LogP contribution >= 0.6 is 0 Å². The van der Waals surface area contributed by atoms with Gasteiger partial charge in [-0.3, -0.25) is 0 Å². The number of rotatable bonds is 8. The molecule has 0 saturated heterocycles. The first kappa shape index (κ1) is 18.7. The van der Waals surface area contributed by atoms with Gasteiger partial charge in [-0.2, -0.15) is 20.8 Å². The summed E-state index contributed by atoms with van der Waals surface area (Å²) in [5.41, 5.74) is -2.82. The lowest BCUT2D eigenvalue weighted by molar-refractivity contribution is -0.143. The Morgan fingerprint density at radius 1 is 1.19 bits per heavy atom. The van der Waals surface area contributed by atoms with Gasteiger partial charge in [0.1, 0.15) is 11.8 Å². The Morgan fingerprint density at radius 3 is 2.05 bits per heavy atom. The standard InChI is InChI=1S/C14H20N4O3/c1-10(7-15)5-13(3,9-19)17-18-14(4,12(20)21)6-11(2)8-16/h9-11H,5-6H2,1-4H3,(H,20,21). The molecule has 21 heavy (non-hydrogen) atoms. The maximum absolute atomic E-state index is 11.4. The summed E-state index contributed by atoms with van der Waals surface area (Å²) in [6, 6.07) is 3.95. The summed E-state index contributed by atoms with van der Waals surface area (Å²) in [7, 11) is 0. The molecule has 0 radical (unpaired) electrons. The summed E-state index contributed by atoms with van der Waals surface area (Å²) in [4.78, 5) is 22.5. The van der Waals surface area contributed by atoms with Gasteiger partial charge in [0, 0.05) is 18.3 Å². The smallest absolute Gasteiger partial charge is 0.333 e. The van der Waals surface area contributed by atoms with Crippen molar-refractivity contribution in [2.75, 3.05) is 0 Å². The van der Waals surface area contributed by atoms with Gasteiger partial charge < -0.3 is 9.90 Å². The average molecular weight is 292 g/mol. The molecule has 4 unspecified atom stereocenters. The second-order valence-corrected chi connectivity index (χ2v) is 5.72. The van der Waals surface area contributed by atoms with Crippen molar-refractivity contribution >= 4 is 12.3 Å². The second kappa shape index (κ2) is 7.49. The Labute approximate surface area is 124 Å². The Morgan fingerprint density at radius 2 is 1.67 bits per heavy atom. The van der Waals surface area contributed by atoms with E-state index in [-0.39, 0.29) is 12.8 Å². The van der Waals surface area contributed by atoms with Crippen molar-refractivity contribution in [3.63, 3.8) is 0 Å². The van der Waals surface area contributed by atoms with Gasteiger partial charge >= 0.3 is 5.97 Å². The van der Waals surface area contributed by atoms with Gasteiger partial charge in [0.2, 0.25) is 0 Å². The molecule has 1 N–H and O–H groups in total. The molecular formula is C14H20N4O3. The molecule has 0 saturated carbocycles. The summed E-state index contributed by atoms with van der Waals surface area (Å²) in [5.74, 6) is -2.13. The number of carbonyl (C=O) groups is 2. The maximum Gasteiger partial charge on any atom is 0.333 e. The Kier molecular flexibility index (Phi) is 6.68. The van der Waals surface area contributed by atoms with Crippen LogP contribution in [0.4, 0.5) is 0 Å². The summed E-state index contributed by atoms with van der Waals surface area (Å²) in [5, 5.41) is 34.5. The molecule has 0 aromatic carbocycles. The number of carbonyl (C=O) groups excluding carboxylic acids is 1. The van der Waals surface area contributed by atoms with Crippen LogP contribution in [-0.4, -0.2) is 28.4 Å². The van der Waals surface area contributed by atoms with Crippen molar-refractivity contribution < 1.29 is 14.7 Å². The van der Waals surface area contributed by atoms with E-state index in [4.69, 9.17) is 10.5 Å². The predicted molar refractivity (Wildman–Crippen MR) is 74.2 cm³/mol. The number of nitrogens with zero attached hydrogens (tertiary/aromatic N) is 4. The highest BCUT2D eigenvalue weighted by Gasteiger charge is 2.37. The van der Waals surface area contributed by atoms with E-state index in [1.165, 1.54) is 13.8 Å². The van der Waals surface area contributed by atoms with E-state index in [9.17, 15) is 14.7 Å². The molecule has 0 bridgehead atoms. The van der Waals surface area contributed by atoms with Gasteiger partial charge in [0.05, 0.1) is 12.1 Å². The Bertz CT molecular complexity index is 505. The largest absolute Gasteiger partial charge is 0.479 e. The molecule has 0 aromatic heterocycles. The fraction of sp³-hybridized carbons (Fsp3) is 0.714. The maximum atomic E-state index is 11.4. The number of carboxylic acid groups (broad SMARTS) is 1. The van der Waals surface area contributed by atoms with Crippen molar-refractivity contribution in [2.45, 2.75) is 51.6 Å². The number of nitriles is 2. The van der Waals surface area contributed by atoms with E-state index >= 15 is 0 Å². The number of aldehydes is 1. The number of carboxylic acids is 1. The van der Waals surface area contributed by atoms with Crippen LogP contribution in [0.2, 0.25) is 0 Å². The Hall–Kier alpha value is -2.28. The topological polar surface area (TPSA) is 127 Å². The van der Waals surface area contributed by atoms with Gasteiger partial charge in [-0.15, -0.1) is 0 Å². The van der Waals surface area contributed by atoms with Crippen molar-refractivity contribution in [2.24, 2.45) is 22.1 Å². The molecule has 0 aromatic rings. The van der Waals surface area contributed by atoms with Crippen molar-refractivity contribution in [1.82, 2.24) is 0 Å². The van der Waals surface area contributed by atoms with E-state index in [0.717, 1.165) is 0 Å². The van der Waals surface area contributed by atoms with E-state index in [0.29, 0.717) is 6.29 Å². The molecule has 0 aliphatic heterocycles. The first-order chi connectivity index (χ1) is 9.62. The monoisotopic (exact) mass is 292 g/mol. The van der Waals surface area contributed by atoms with Crippen LogP contribution in [0, 0.1) is 34.5 Å². The van der Waals surface area contributed by atoms with Crippen LogP contribution in [0.3, 0.4) is 0 Å². The molecule has 4 atom stereocenters. The summed E-state index contributed by atoms with van der Waals surface area (Å²) < 4.78 is 0. The molecule has 0 aliphatic rings. The molecule has 114 valence electrons. The minimum atomic E-state index is -1.57. The highest BCUT2D eigenvalue weighted by molar-refractivity contribution is 5.78. The number of hydrogen-bond donors (Lipinski definition) is 1.